The Morgan fingerprint density at radius 2 is 2.33 bits per heavy atom. The summed E-state index contributed by atoms with van der Waals surface area (Å²) in [5.74, 6) is 0.0900. The van der Waals surface area contributed by atoms with Crippen LogP contribution < -0.4 is 5.32 Å². The molecule has 1 saturated heterocycles. The number of carbonyl (C=O) groups excluding carboxylic acids is 1. The summed E-state index contributed by atoms with van der Waals surface area (Å²) in [6.07, 6.45) is 2.01. The predicted molar refractivity (Wildman–Crippen MR) is 62.4 cm³/mol. The van der Waals surface area contributed by atoms with Crippen LogP contribution in [0.5, 0.6) is 0 Å². The summed E-state index contributed by atoms with van der Waals surface area (Å²) in [5, 5.41) is 3.24. The number of nitrogens with one attached hydrogen (secondary N) is 1. The van der Waals surface area contributed by atoms with Gasteiger partial charge in [0.15, 0.2) is 0 Å². The van der Waals surface area contributed by atoms with Crippen molar-refractivity contribution < 1.29 is 9.53 Å². The summed E-state index contributed by atoms with van der Waals surface area (Å²) in [6, 6.07) is 0.354. The van der Waals surface area contributed by atoms with Crippen LogP contribution in [0.2, 0.25) is 0 Å². The summed E-state index contributed by atoms with van der Waals surface area (Å²) in [4.78, 5) is 13.4. The fourth-order valence-electron chi connectivity index (χ4n) is 1.58. The third-order valence-electron chi connectivity index (χ3n) is 2.55. The Bertz CT molecular complexity index is 184. The van der Waals surface area contributed by atoms with Gasteiger partial charge in [0.25, 0.3) is 0 Å². The summed E-state index contributed by atoms with van der Waals surface area (Å²) >= 11 is 0. The molecule has 15 heavy (non-hydrogen) atoms. The van der Waals surface area contributed by atoms with E-state index in [0.717, 1.165) is 25.9 Å². The normalized spacial score (nSPS) is 19.7. The molecule has 0 saturated carbocycles. The van der Waals surface area contributed by atoms with Gasteiger partial charge in [0.05, 0.1) is 0 Å². The topological polar surface area (TPSA) is 41.6 Å². The molecule has 5 heteroatoms. The minimum atomic E-state index is 0. The lowest BCUT2D eigenvalue weighted by molar-refractivity contribution is -0.136. The van der Waals surface area contributed by atoms with Crippen LogP contribution in [0.15, 0.2) is 0 Å². The molecule has 1 amide bonds. The standard InChI is InChI=1S/C10H20N2O2.ClH/c1-3-6-14-8-10(13)12(2)9-4-5-11-7-9;/h9,11H,3-8H2,1-2H3;1H. The van der Waals surface area contributed by atoms with Crippen LogP contribution in [0.1, 0.15) is 19.8 Å². The van der Waals surface area contributed by atoms with Gasteiger partial charge in [0, 0.05) is 26.2 Å². The van der Waals surface area contributed by atoms with Gasteiger partial charge in [-0.2, -0.15) is 0 Å². The van der Waals surface area contributed by atoms with Crippen molar-refractivity contribution in [3.63, 3.8) is 0 Å². The van der Waals surface area contributed by atoms with E-state index < -0.39 is 0 Å². The first-order valence-corrected chi connectivity index (χ1v) is 5.29. The molecule has 0 spiro atoms. The van der Waals surface area contributed by atoms with Crippen molar-refractivity contribution >= 4 is 18.3 Å². The summed E-state index contributed by atoms with van der Waals surface area (Å²) in [6.45, 7) is 4.85. The molecule has 1 aliphatic rings. The molecule has 0 aromatic heterocycles. The zero-order valence-electron chi connectivity index (χ0n) is 9.49. The number of halogens is 1. The van der Waals surface area contributed by atoms with Gasteiger partial charge in [-0.1, -0.05) is 6.92 Å². The summed E-state index contributed by atoms with van der Waals surface area (Å²) in [5.41, 5.74) is 0. The van der Waals surface area contributed by atoms with Gasteiger partial charge >= 0.3 is 0 Å². The molecule has 1 rings (SSSR count). The van der Waals surface area contributed by atoms with Crippen LogP contribution in [0.4, 0.5) is 0 Å². The first kappa shape index (κ1) is 14.7. The van der Waals surface area contributed by atoms with Gasteiger partial charge in [-0.25, -0.2) is 0 Å². The first-order valence-electron chi connectivity index (χ1n) is 5.29. The SMILES string of the molecule is CCCOCC(=O)N(C)C1CCNC1.Cl. The van der Waals surface area contributed by atoms with Crippen LogP contribution in [0.25, 0.3) is 0 Å². The van der Waals surface area contributed by atoms with E-state index in [4.69, 9.17) is 4.74 Å². The Morgan fingerprint density at radius 3 is 2.87 bits per heavy atom. The van der Waals surface area contributed by atoms with Crippen molar-refractivity contribution in [3.05, 3.63) is 0 Å². The van der Waals surface area contributed by atoms with Gasteiger partial charge in [-0.15, -0.1) is 12.4 Å². The average Bonchev–Trinajstić information content (AvgIpc) is 2.69. The average molecular weight is 237 g/mol. The zero-order chi connectivity index (χ0) is 10.4. The third kappa shape index (κ3) is 4.82. The quantitative estimate of drug-likeness (QED) is 0.713. The molecule has 1 atom stereocenters. The van der Waals surface area contributed by atoms with E-state index in [-0.39, 0.29) is 24.9 Å². The first-order chi connectivity index (χ1) is 6.75. The minimum absolute atomic E-state index is 0. The lowest BCUT2D eigenvalue weighted by Gasteiger charge is -2.23. The summed E-state index contributed by atoms with van der Waals surface area (Å²) < 4.78 is 5.21. The monoisotopic (exact) mass is 236 g/mol. The molecule has 1 heterocycles. The smallest absolute Gasteiger partial charge is 0.248 e. The molecule has 0 aromatic rings. The van der Waals surface area contributed by atoms with Crippen LogP contribution in [0.3, 0.4) is 0 Å². The minimum Gasteiger partial charge on any atom is -0.372 e. The van der Waals surface area contributed by atoms with E-state index in [2.05, 4.69) is 5.32 Å². The molecule has 0 aromatic carbocycles. The highest BCUT2D eigenvalue weighted by Crippen LogP contribution is 2.06. The maximum Gasteiger partial charge on any atom is 0.248 e. The molecular formula is C10H21ClN2O2. The Kier molecular flexibility index (Phi) is 7.74. The van der Waals surface area contributed by atoms with Crippen LogP contribution >= 0.6 is 12.4 Å². The molecule has 0 bridgehead atoms. The number of ether oxygens (including phenoxy) is 1. The van der Waals surface area contributed by atoms with Crippen molar-refractivity contribution in [2.75, 3.05) is 33.4 Å². The van der Waals surface area contributed by atoms with Gasteiger partial charge in [-0.05, 0) is 19.4 Å². The fourth-order valence-corrected chi connectivity index (χ4v) is 1.58. The molecule has 4 nitrogen and oxygen atoms in total. The van der Waals surface area contributed by atoms with Crippen LogP contribution in [-0.4, -0.2) is 50.2 Å². The maximum absolute atomic E-state index is 11.6. The van der Waals surface area contributed by atoms with Gasteiger partial charge < -0.3 is 15.0 Å². The van der Waals surface area contributed by atoms with Gasteiger partial charge in [0.1, 0.15) is 6.61 Å². The molecule has 1 fully saturated rings. The lowest BCUT2D eigenvalue weighted by Crippen LogP contribution is -2.40. The largest absolute Gasteiger partial charge is 0.372 e. The van der Waals surface area contributed by atoms with Crippen molar-refractivity contribution in [1.29, 1.82) is 0 Å². The van der Waals surface area contributed by atoms with Crippen molar-refractivity contribution in [2.45, 2.75) is 25.8 Å². The van der Waals surface area contributed by atoms with E-state index in [1.807, 2.05) is 14.0 Å². The zero-order valence-corrected chi connectivity index (χ0v) is 10.3. The van der Waals surface area contributed by atoms with Gasteiger partial charge in [0.2, 0.25) is 5.91 Å². The second kappa shape index (κ2) is 7.91. The molecule has 1 N–H and O–H groups in total. The second-order valence-corrected chi connectivity index (χ2v) is 3.70. The summed E-state index contributed by atoms with van der Waals surface area (Å²) in [7, 11) is 1.86. The Morgan fingerprint density at radius 1 is 1.60 bits per heavy atom. The molecule has 0 aliphatic carbocycles. The number of nitrogens with zero attached hydrogens (tertiary/aromatic N) is 1. The highest BCUT2D eigenvalue weighted by atomic mass is 35.5. The van der Waals surface area contributed by atoms with E-state index in [1.165, 1.54) is 0 Å². The number of amides is 1. The number of likely N-dealkylation sites (N-methyl/N-ethyl adjacent to an activating group) is 1. The Labute approximate surface area is 97.8 Å². The Hall–Kier alpha value is -0.320. The lowest BCUT2D eigenvalue weighted by atomic mass is 10.2. The number of carbonyl (C=O) groups is 1. The van der Waals surface area contributed by atoms with Crippen molar-refractivity contribution in [3.8, 4) is 0 Å². The molecule has 0 radical (unpaired) electrons. The highest BCUT2D eigenvalue weighted by Gasteiger charge is 2.22. The van der Waals surface area contributed by atoms with E-state index >= 15 is 0 Å². The van der Waals surface area contributed by atoms with Crippen molar-refractivity contribution in [1.82, 2.24) is 10.2 Å². The molecule has 1 aliphatic heterocycles. The molecule has 1 unspecified atom stereocenters. The fraction of sp³-hybridized carbons (Fsp3) is 0.900. The molecule has 90 valence electrons. The van der Waals surface area contributed by atoms with E-state index in [1.54, 1.807) is 4.90 Å². The van der Waals surface area contributed by atoms with E-state index in [9.17, 15) is 4.79 Å². The Balaban J connectivity index is 0.00000196. The predicted octanol–water partition coefficient (Wildman–Crippen LogP) is 0.655. The van der Waals surface area contributed by atoms with Crippen LogP contribution in [-0.2, 0) is 9.53 Å². The van der Waals surface area contributed by atoms with E-state index in [0.29, 0.717) is 12.6 Å². The van der Waals surface area contributed by atoms with Gasteiger partial charge in [-0.3, -0.25) is 4.79 Å². The van der Waals surface area contributed by atoms with Crippen LogP contribution in [0, 0.1) is 0 Å². The molecular weight excluding hydrogens is 216 g/mol. The van der Waals surface area contributed by atoms with Crippen molar-refractivity contribution in [2.24, 2.45) is 0 Å². The number of hydrogen-bond acceptors (Lipinski definition) is 3. The number of rotatable bonds is 5. The number of hydrogen-bond donors (Lipinski definition) is 1. The highest BCUT2D eigenvalue weighted by molar-refractivity contribution is 5.85. The third-order valence-corrected chi connectivity index (χ3v) is 2.55. The maximum atomic E-state index is 11.6. The second-order valence-electron chi connectivity index (χ2n) is 3.70.